The highest BCUT2D eigenvalue weighted by Crippen LogP contribution is 1.94. The van der Waals surface area contributed by atoms with Gasteiger partial charge in [0.15, 0.2) is 0 Å². The van der Waals surface area contributed by atoms with E-state index in [1.807, 2.05) is 6.26 Å². The third-order valence-corrected chi connectivity index (χ3v) is 1.34. The summed E-state index contributed by atoms with van der Waals surface area (Å²) < 4.78 is 3.27. The zero-order valence-electron chi connectivity index (χ0n) is 5.12. The van der Waals surface area contributed by atoms with Gasteiger partial charge in [-0.3, -0.25) is 4.79 Å². The number of Topliss-reactive ketones (excluding diaryl/α,β-unsaturated/α-hetero) is 1. The van der Waals surface area contributed by atoms with E-state index in [2.05, 4.69) is 4.58 Å². The summed E-state index contributed by atoms with van der Waals surface area (Å²) in [6, 6.07) is 0. The van der Waals surface area contributed by atoms with Crippen molar-refractivity contribution >= 4 is 23.8 Å². The number of aldehydes is 1. The normalized spacial score (nSPS) is 10.3. The molecule has 0 atom stereocenters. The third-order valence-electron chi connectivity index (χ3n) is 0.732. The molecule has 0 saturated carbocycles. The Balaban J connectivity index is 3.27. The summed E-state index contributed by atoms with van der Waals surface area (Å²) in [5.74, 6) is 0.484. The molecular weight excluding hydrogens is 140 g/mol. The minimum Gasteiger partial charge on any atom is -0.463 e. The number of carbonyl (C=O) groups is 1. The van der Waals surface area contributed by atoms with E-state index in [9.17, 15) is 10.1 Å². The molecule has 52 valence electrons. The molecule has 0 amide bonds. The van der Waals surface area contributed by atoms with Crippen LogP contribution in [0.15, 0.2) is 0 Å². The van der Waals surface area contributed by atoms with Crippen LogP contribution in [0.3, 0.4) is 0 Å². The van der Waals surface area contributed by atoms with Crippen LogP contribution in [-0.2, 0) is 9.37 Å². The number of ketones is 1. The quantitative estimate of drug-likeness (QED) is 0.174. The molecule has 3 nitrogen and oxygen atoms in total. The van der Waals surface area contributed by atoms with Gasteiger partial charge in [0, 0.05) is 12.2 Å². The largest absolute Gasteiger partial charge is 0.463 e. The Morgan fingerprint density at radius 3 is 3.00 bits per heavy atom. The standard InChI is InChI=1S/C5H8O3S/c1-9-3-2-5(6)4-8-7/h4H,2-3H2,1H3. The Bertz CT molecular complexity index is 111. The molecule has 0 aliphatic carbocycles. The van der Waals surface area contributed by atoms with E-state index in [1.54, 1.807) is 11.8 Å². The highest BCUT2D eigenvalue weighted by atomic mass is 32.2. The third kappa shape index (κ3) is 5.36. The van der Waals surface area contributed by atoms with Crippen LogP contribution in [0.5, 0.6) is 0 Å². The first kappa shape index (κ1) is 8.49. The van der Waals surface area contributed by atoms with Crippen molar-refractivity contribution in [3.05, 3.63) is 0 Å². The first-order valence-electron chi connectivity index (χ1n) is 2.45. The number of thioether (sulfide) groups is 1. The maximum absolute atomic E-state index is 10.4. The molecule has 0 rings (SSSR count). The molecule has 0 aliphatic rings. The van der Waals surface area contributed by atoms with Gasteiger partial charge in [-0.2, -0.15) is 16.3 Å². The average molecular weight is 148 g/mol. The molecule has 0 aromatic rings. The van der Waals surface area contributed by atoms with Gasteiger partial charge in [0.1, 0.15) is 0 Å². The number of rotatable bonds is 4. The molecule has 0 unspecified atom stereocenters. The fourth-order valence-electron chi connectivity index (χ4n) is 0.315. The lowest BCUT2D eigenvalue weighted by atomic mass is 10.3. The Hall–Kier alpha value is -0.510. The molecule has 0 aromatic carbocycles. The Morgan fingerprint density at radius 1 is 1.89 bits per heavy atom. The molecule has 9 heavy (non-hydrogen) atoms. The molecule has 0 aliphatic heterocycles. The van der Waals surface area contributed by atoms with Gasteiger partial charge in [-0.05, 0) is 6.26 Å². The van der Waals surface area contributed by atoms with Gasteiger partial charge < -0.3 is 5.26 Å². The fraction of sp³-hybridized carbons (Fsp3) is 0.600. The molecule has 0 aromatic heterocycles. The molecular formula is C5H8O3S. The molecule has 0 heterocycles. The molecule has 0 radical (unpaired) electrons. The van der Waals surface area contributed by atoms with Gasteiger partial charge in [0.2, 0.25) is 0 Å². The maximum Gasteiger partial charge on any atom is 0.384 e. The van der Waals surface area contributed by atoms with Gasteiger partial charge in [-0.15, -0.1) is 0 Å². The van der Waals surface area contributed by atoms with E-state index >= 15 is 0 Å². The lowest BCUT2D eigenvalue weighted by Gasteiger charge is -1.85. The van der Waals surface area contributed by atoms with Gasteiger partial charge in [0.05, 0.1) is 0 Å². The predicted octanol–water partition coefficient (Wildman–Crippen LogP) is -0.682. The second-order valence-corrected chi connectivity index (χ2v) is 2.41. The zero-order valence-corrected chi connectivity index (χ0v) is 5.94. The van der Waals surface area contributed by atoms with Gasteiger partial charge in [-0.25, -0.2) is 0 Å². The second kappa shape index (κ2) is 5.62. The van der Waals surface area contributed by atoms with Crippen LogP contribution >= 0.6 is 11.8 Å². The first-order valence-corrected chi connectivity index (χ1v) is 3.84. The summed E-state index contributed by atoms with van der Waals surface area (Å²) in [6.07, 6.45) is 2.96. The van der Waals surface area contributed by atoms with Crippen molar-refractivity contribution in [3.63, 3.8) is 0 Å². The SMILES string of the molecule is CSCCC(=O)C=[O+][O-]. The minimum atomic E-state index is -0.251. The Labute approximate surface area is 57.7 Å². The summed E-state index contributed by atoms with van der Waals surface area (Å²) in [6.45, 7) is 0. The van der Waals surface area contributed by atoms with Crippen LogP contribution in [0.1, 0.15) is 6.42 Å². The van der Waals surface area contributed by atoms with E-state index in [-0.39, 0.29) is 5.78 Å². The number of hydrogen-bond acceptors (Lipinski definition) is 3. The summed E-state index contributed by atoms with van der Waals surface area (Å²) in [7, 11) is 0. The Kier molecular flexibility index (Phi) is 5.30. The van der Waals surface area contributed by atoms with Crippen LogP contribution < -0.4 is 5.26 Å². The monoisotopic (exact) mass is 148 g/mol. The molecule has 0 saturated heterocycles. The lowest BCUT2D eigenvalue weighted by molar-refractivity contribution is -1.04. The lowest BCUT2D eigenvalue weighted by Crippen LogP contribution is -2.07. The van der Waals surface area contributed by atoms with E-state index in [4.69, 9.17) is 0 Å². The summed E-state index contributed by atoms with van der Waals surface area (Å²) in [5, 5.41) is 9.32. The summed E-state index contributed by atoms with van der Waals surface area (Å²) in [5.41, 5.74) is 0. The van der Waals surface area contributed by atoms with E-state index in [0.717, 1.165) is 5.75 Å². The number of carbonyl (C=O) groups excluding carboxylic acids is 2. The highest BCUT2D eigenvalue weighted by molar-refractivity contribution is 7.98. The van der Waals surface area contributed by atoms with Crippen LogP contribution in [0.2, 0.25) is 0 Å². The van der Waals surface area contributed by atoms with Gasteiger partial charge in [-0.1, -0.05) is 0 Å². The smallest absolute Gasteiger partial charge is 0.384 e. The van der Waals surface area contributed by atoms with Gasteiger partial charge in [0.25, 0.3) is 5.78 Å². The van der Waals surface area contributed by atoms with Crippen molar-refractivity contribution in [1.29, 1.82) is 0 Å². The van der Waals surface area contributed by atoms with Crippen molar-refractivity contribution in [2.75, 3.05) is 12.0 Å². The zero-order chi connectivity index (χ0) is 7.11. The maximum atomic E-state index is 10.4. The van der Waals surface area contributed by atoms with Crippen molar-refractivity contribution in [2.45, 2.75) is 6.42 Å². The average Bonchev–Trinajstić information content (AvgIpc) is 1.85. The highest BCUT2D eigenvalue weighted by Gasteiger charge is 2.01. The van der Waals surface area contributed by atoms with Gasteiger partial charge >= 0.3 is 6.29 Å². The van der Waals surface area contributed by atoms with Crippen molar-refractivity contribution < 1.29 is 14.6 Å². The molecule has 0 fully saturated rings. The number of hydrogen-bond donors (Lipinski definition) is 0. The predicted molar refractivity (Wildman–Crippen MR) is 34.1 cm³/mol. The molecule has 0 bridgehead atoms. The fourth-order valence-corrected chi connectivity index (χ4v) is 0.721. The van der Waals surface area contributed by atoms with Crippen molar-refractivity contribution in [2.24, 2.45) is 0 Å². The molecule has 0 N–H and O–H groups in total. The summed E-state index contributed by atoms with van der Waals surface area (Å²) >= 11 is 1.56. The first-order chi connectivity index (χ1) is 4.31. The second-order valence-electron chi connectivity index (χ2n) is 1.42. The van der Waals surface area contributed by atoms with Crippen LogP contribution in [0, 0.1) is 0 Å². The van der Waals surface area contributed by atoms with Crippen LogP contribution in [0.4, 0.5) is 0 Å². The van der Waals surface area contributed by atoms with Crippen molar-refractivity contribution in [1.82, 2.24) is 0 Å². The van der Waals surface area contributed by atoms with E-state index < -0.39 is 0 Å². The molecule has 0 spiro atoms. The van der Waals surface area contributed by atoms with E-state index in [1.165, 1.54) is 0 Å². The van der Waals surface area contributed by atoms with Crippen molar-refractivity contribution in [3.8, 4) is 0 Å². The van der Waals surface area contributed by atoms with E-state index in [0.29, 0.717) is 12.7 Å². The molecule has 4 heteroatoms. The minimum absolute atomic E-state index is 0.251. The summed E-state index contributed by atoms with van der Waals surface area (Å²) in [4.78, 5) is 10.4. The van der Waals surface area contributed by atoms with Crippen LogP contribution in [-0.4, -0.2) is 24.1 Å². The topological polar surface area (TPSA) is 51.4 Å². The van der Waals surface area contributed by atoms with Crippen LogP contribution in [0.25, 0.3) is 0 Å². The Morgan fingerprint density at radius 2 is 2.56 bits per heavy atom.